The van der Waals surface area contributed by atoms with Gasteiger partial charge in [0.2, 0.25) is 5.91 Å². The van der Waals surface area contributed by atoms with Gasteiger partial charge < -0.3 is 10.4 Å². The maximum absolute atomic E-state index is 12.8. The Labute approximate surface area is 149 Å². The molecule has 0 spiro atoms. The Hall–Kier alpha value is -2.77. The van der Waals surface area contributed by atoms with Crippen LogP contribution in [-0.2, 0) is 28.4 Å². The number of halogens is 6. The molecule has 27 heavy (non-hydrogen) atoms. The first-order valence-electron chi connectivity index (χ1n) is 7.52. The van der Waals surface area contributed by atoms with Crippen molar-refractivity contribution in [3.63, 3.8) is 0 Å². The van der Waals surface area contributed by atoms with Crippen LogP contribution in [0.1, 0.15) is 36.0 Å². The van der Waals surface area contributed by atoms with Crippen LogP contribution in [0.5, 0.6) is 0 Å². The number of unbranched alkanes of at least 4 members (excludes halogenated alkanes) is 1. The van der Waals surface area contributed by atoms with Crippen molar-refractivity contribution in [1.29, 1.82) is 5.26 Å². The average Bonchev–Trinajstić information content (AvgIpc) is 2.52. The number of carboxylic acids is 1. The molecule has 0 aliphatic rings. The van der Waals surface area contributed by atoms with Crippen molar-refractivity contribution >= 4 is 11.9 Å². The number of aliphatic carboxylic acids is 1. The second-order valence-corrected chi connectivity index (χ2v) is 5.60. The minimum Gasteiger partial charge on any atom is -0.480 e. The quantitative estimate of drug-likeness (QED) is 0.545. The summed E-state index contributed by atoms with van der Waals surface area (Å²) in [5, 5.41) is 19.4. The van der Waals surface area contributed by atoms with E-state index in [0.717, 1.165) is 0 Å². The number of carbonyl (C=O) groups is 2. The van der Waals surface area contributed by atoms with Crippen LogP contribution in [0.2, 0.25) is 0 Å². The first-order valence-corrected chi connectivity index (χ1v) is 7.52. The summed E-state index contributed by atoms with van der Waals surface area (Å²) in [7, 11) is 0. The van der Waals surface area contributed by atoms with Gasteiger partial charge in [0.05, 0.1) is 23.6 Å². The van der Waals surface area contributed by atoms with Gasteiger partial charge in [-0.25, -0.2) is 4.79 Å². The van der Waals surface area contributed by atoms with Crippen LogP contribution in [0.3, 0.4) is 0 Å². The standard InChI is InChI=1S/C16H14F6N2O3/c17-15(18,19)10-5-9(6-11(8-10)16(20,21)22)7-13(25)24-12(14(26)27)3-1-2-4-23/h5-6,8,12H,1-3,7H2,(H,24,25)(H,26,27)/t12-/m1/s1. The van der Waals surface area contributed by atoms with E-state index in [1.807, 2.05) is 5.32 Å². The molecule has 0 aliphatic heterocycles. The molecular formula is C16H14F6N2O3. The molecule has 0 aliphatic carbocycles. The number of hydrogen-bond acceptors (Lipinski definition) is 3. The first-order chi connectivity index (χ1) is 12.3. The maximum Gasteiger partial charge on any atom is 0.416 e. The summed E-state index contributed by atoms with van der Waals surface area (Å²) in [5.41, 5.74) is -3.69. The lowest BCUT2D eigenvalue weighted by atomic mass is 10.0. The van der Waals surface area contributed by atoms with Crippen LogP contribution in [0.25, 0.3) is 0 Å². The van der Waals surface area contributed by atoms with Crippen molar-refractivity contribution in [2.45, 2.75) is 44.1 Å². The van der Waals surface area contributed by atoms with E-state index in [9.17, 15) is 35.9 Å². The summed E-state index contributed by atoms with van der Waals surface area (Å²) in [4.78, 5) is 22.9. The van der Waals surface area contributed by atoms with Gasteiger partial charge in [0.25, 0.3) is 0 Å². The number of nitrogens with one attached hydrogen (secondary N) is 1. The van der Waals surface area contributed by atoms with E-state index in [4.69, 9.17) is 10.4 Å². The lowest BCUT2D eigenvalue weighted by Crippen LogP contribution is -2.41. The van der Waals surface area contributed by atoms with Crippen molar-refractivity contribution in [2.75, 3.05) is 0 Å². The van der Waals surface area contributed by atoms with E-state index in [0.29, 0.717) is 12.1 Å². The summed E-state index contributed by atoms with van der Waals surface area (Å²) in [6, 6.07) is 1.11. The second kappa shape index (κ2) is 8.75. The number of nitrogens with zero attached hydrogens (tertiary/aromatic N) is 1. The molecule has 1 atom stereocenters. The Kier molecular flexibility index (Phi) is 7.21. The molecule has 0 aromatic heterocycles. The monoisotopic (exact) mass is 396 g/mol. The van der Waals surface area contributed by atoms with Crippen molar-refractivity contribution in [3.05, 3.63) is 34.9 Å². The molecule has 1 aromatic carbocycles. The number of benzene rings is 1. The molecule has 11 heteroatoms. The van der Waals surface area contributed by atoms with Crippen molar-refractivity contribution < 1.29 is 41.0 Å². The lowest BCUT2D eigenvalue weighted by molar-refractivity contribution is -0.143. The molecule has 0 bridgehead atoms. The van der Waals surface area contributed by atoms with Crippen LogP contribution in [-0.4, -0.2) is 23.0 Å². The van der Waals surface area contributed by atoms with Gasteiger partial charge in [0, 0.05) is 6.42 Å². The van der Waals surface area contributed by atoms with Crippen molar-refractivity contribution in [2.24, 2.45) is 0 Å². The van der Waals surface area contributed by atoms with Gasteiger partial charge in [-0.15, -0.1) is 0 Å². The average molecular weight is 396 g/mol. The predicted molar refractivity (Wildman–Crippen MR) is 79.2 cm³/mol. The van der Waals surface area contributed by atoms with Gasteiger partial charge in [0.15, 0.2) is 0 Å². The Balaban J connectivity index is 3.00. The lowest BCUT2D eigenvalue weighted by Gasteiger charge is -2.16. The number of nitriles is 1. The van der Waals surface area contributed by atoms with Crippen LogP contribution < -0.4 is 5.32 Å². The molecule has 0 saturated carbocycles. The van der Waals surface area contributed by atoms with Crippen LogP contribution >= 0.6 is 0 Å². The molecule has 0 saturated heterocycles. The van der Waals surface area contributed by atoms with Crippen molar-refractivity contribution in [3.8, 4) is 6.07 Å². The minimum absolute atomic E-state index is 0.0300. The Morgan fingerprint density at radius 3 is 2.00 bits per heavy atom. The largest absolute Gasteiger partial charge is 0.480 e. The zero-order valence-electron chi connectivity index (χ0n) is 13.6. The maximum atomic E-state index is 12.8. The Morgan fingerprint density at radius 2 is 1.59 bits per heavy atom. The minimum atomic E-state index is -5.05. The fourth-order valence-electron chi connectivity index (χ4n) is 2.19. The summed E-state index contributed by atoms with van der Waals surface area (Å²) in [6.07, 6.45) is -10.9. The van der Waals surface area contributed by atoms with E-state index in [2.05, 4.69) is 0 Å². The normalized spacial score (nSPS) is 12.9. The zero-order valence-corrected chi connectivity index (χ0v) is 13.6. The molecule has 148 valence electrons. The second-order valence-electron chi connectivity index (χ2n) is 5.60. The Morgan fingerprint density at radius 1 is 1.07 bits per heavy atom. The molecule has 0 unspecified atom stereocenters. The molecule has 1 aromatic rings. The molecule has 1 rings (SSSR count). The number of carboxylic acid groups (broad SMARTS) is 1. The third-order valence-electron chi connectivity index (χ3n) is 3.43. The number of amides is 1. The molecule has 0 heterocycles. The van der Waals surface area contributed by atoms with Gasteiger partial charge in [-0.2, -0.15) is 31.6 Å². The summed E-state index contributed by atoms with van der Waals surface area (Å²) < 4.78 is 76.7. The highest BCUT2D eigenvalue weighted by atomic mass is 19.4. The van der Waals surface area contributed by atoms with Gasteiger partial charge in [0.1, 0.15) is 6.04 Å². The molecular weight excluding hydrogens is 382 g/mol. The summed E-state index contributed by atoms with van der Waals surface area (Å²) in [6.45, 7) is 0. The topological polar surface area (TPSA) is 90.2 Å². The first kappa shape index (κ1) is 22.3. The smallest absolute Gasteiger partial charge is 0.416 e. The van der Waals surface area contributed by atoms with Crippen LogP contribution in [0.15, 0.2) is 18.2 Å². The molecule has 2 N–H and O–H groups in total. The van der Waals surface area contributed by atoms with E-state index in [1.165, 1.54) is 0 Å². The van der Waals surface area contributed by atoms with Gasteiger partial charge in [-0.3, -0.25) is 4.79 Å². The van der Waals surface area contributed by atoms with E-state index in [1.54, 1.807) is 6.07 Å². The highest BCUT2D eigenvalue weighted by molar-refractivity contribution is 5.84. The van der Waals surface area contributed by atoms with Crippen LogP contribution in [0, 0.1) is 11.3 Å². The fraction of sp³-hybridized carbons (Fsp3) is 0.438. The number of rotatable bonds is 7. The zero-order chi connectivity index (χ0) is 20.8. The number of carbonyl (C=O) groups excluding carboxylic acids is 1. The van der Waals surface area contributed by atoms with E-state index in [-0.39, 0.29) is 25.3 Å². The third kappa shape index (κ3) is 7.16. The van der Waals surface area contributed by atoms with Crippen LogP contribution in [0.4, 0.5) is 26.3 Å². The van der Waals surface area contributed by atoms with Gasteiger partial charge in [-0.1, -0.05) is 0 Å². The highest BCUT2D eigenvalue weighted by Gasteiger charge is 2.37. The summed E-state index contributed by atoms with van der Waals surface area (Å²) in [5.74, 6) is -2.48. The van der Waals surface area contributed by atoms with Crippen molar-refractivity contribution in [1.82, 2.24) is 5.32 Å². The third-order valence-corrected chi connectivity index (χ3v) is 3.43. The SMILES string of the molecule is N#CCCC[C@@H](NC(=O)Cc1cc(C(F)(F)F)cc(C(F)(F)F)c1)C(=O)O. The molecule has 1 amide bonds. The van der Waals surface area contributed by atoms with E-state index >= 15 is 0 Å². The summed E-state index contributed by atoms with van der Waals surface area (Å²) >= 11 is 0. The molecule has 0 radical (unpaired) electrons. The van der Waals surface area contributed by atoms with Gasteiger partial charge >= 0.3 is 18.3 Å². The fourth-order valence-corrected chi connectivity index (χ4v) is 2.19. The predicted octanol–water partition coefficient (Wildman–Crippen LogP) is 3.53. The highest BCUT2D eigenvalue weighted by Crippen LogP contribution is 2.36. The number of alkyl halides is 6. The number of hydrogen-bond donors (Lipinski definition) is 2. The molecule has 5 nitrogen and oxygen atoms in total. The van der Waals surface area contributed by atoms with Gasteiger partial charge in [-0.05, 0) is 36.6 Å². The van der Waals surface area contributed by atoms with E-state index < -0.39 is 53.4 Å². The Bertz CT molecular complexity index is 705. The molecule has 0 fully saturated rings.